The number of amides is 1. The normalized spacial score (nSPS) is 17.2. The van der Waals surface area contributed by atoms with E-state index >= 15 is 0 Å². The lowest BCUT2D eigenvalue weighted by molar-refractivity contribution is -0.132. The smallest absolute Gasteiger partial charge is 0.300 e. The predicted molar refractivity (Wildman–Crippen MR) is 132 cm³/mol. The Hall–Kier alpha value is -3.48. The molecule has 6 nitrogen and oxygen atoms in total. The van der Waals surface area contributed by atoms with Gasteiger partial charge in [0.05, 0.1) is 30.4 Å². The number of carbonyl (C=O) groups is 2. The number of rotatable bonds is 6. The van der Waals surface area contributed by atoms with E-state index in [-0.39, 0.29) is 16.2 Å². The van der Waals surface area contributed by atoms with Crippen LogP contribution < -0.4 is 14.4 Å². The number of nitrogens with zero attached hydrogens (tertiary/aromatic N) is 1. The van der Waals surface area contributed by atoms with E-state index in [0.717, 1.165) is 0 Å². The Balaban J connectivity index is 1.94. The maximum absolute atomic E-state index is 13.3. The average molecular weight is 498 g/mol. The van der Waals surface area contributed by atoms with Gasteiger partial charge in [0.1, 0.15) is 17.3 Å². The van der Waals surface area contributed by atoms with E-state index in [0.29, 0.717) is 34.4 Å². The number of anilines is 1. The van der Waals surface area contributed by atoms with E-state index in [1.54, 1.807) is 60.7 Å². The molecule has 34 heavy (non-hydrogen) atoms. The second kappa shape index (κ2) is 9.79. The van der Waals surface area contributed by atoms with Crippen molar-refractivity contribution in [3.63, 3.8) is 0 Å². The Morgan fingerprint density at radius 3 is 2.35 bits per heavy atom. The van der Waals surface area contributed by atoms with Crippen molar-refractivity contribution >= 4 is 46.3 Å². The largest absolute Gasteiger partial charge is 0.507 e. The molecule has 0 saturated carbocycles. The molecule has 0 aliphatic carbocycles. The SMILES string of the molecule is CCOc1ccc(C2/C(=C(\O)c3cc(OC)ccc3Cl)C(=O)C(=O)N2c2cccc(Cl)c2)cc1. The van der Waals surface area contributed by atoms with Crippen molar-refractivity contribution in [2.45, 2.75) is 13.0 Å². The molecule has 1 N–H and O–H groups in total. The molecule has 1 fully saturated rings. The molecule has 1 heterocycles. The van der Waals surface area contributed by atoms with Crippen LogP contribution in [0.5, 0.6) is 11.5 Å². The number of hydrogen-bond acceptors (Lipinski definition) is 5. The van der Waals surface area contributed by atoms with Gasteiger partial charge < -0.3 is 14.6 Å². The van der Waals surface area contributed by atoms with Gasteiger partial charge >= 0.3 is 0 Å². The van der Waals surface area contributed by atoms with E-state index in [9.17, 15) is 14.7 Å². The molecule has 1 aliphatic rings. The molecule has 8 heteroatoms. The Kier molecular flexibility index (Phi) is 6.82. The fraction of sp³-hybridized carbons (Fsp3) is 0.154. The number of Topliss-reactive ketones (excluding diaryl/α,β-unsaturated/α-hetero) is 1. The van der Waals surface area contributed by atoms with Gasteiger partial charge in [-0.05, 0) is 61.0 Å². The molecular formula is C26H21Cl2NO5. The van der Waals surface area contributed by atoms with Gasteiger partial charge in [-0.2, -0.15) is 0 Å². The minimum absolute atomic E-state index is 0.0933. The summed E-state index contributed by atoms with van der Waals surface area (Å²) in [7, 11) is 1.48. The topological polar surface area (TPSA) is 76.1 Å². The first-order valence-electron chi connectivity index (χ1n) is 10.5. The minimum atomic E-state index is -0.920. The first-order chi connectivity index (χ1) is 16.3. The molecule has 4 rings (SSSR count). The Bertz CT molecular complexity index is 1290. The van der Waals surface area contributed by atoms with Crippen LogP contribution in [0.2, 0.25) is 10.0 Å². The number of methoxy groups -OCH3 is 1. The van der Waals surface area contributed by atoms with Crippen molar-refractivity contribution in [1.29, 1.82) is 0 Å². The third kappa shape index (κ3) is 4.34. The number of ether oxygens (including phenoxy) is 2. The van der Waals surface area contributed by atoms with Gasteiger partial charge in [-0.15, -0.1) is 0 Å². The fourth-order valence-electron chi connectivity index (χ4n) is 3.91. The molecule has 1 amide bonds. The van der Waals surface area contributed by atoms with Crippen molar-refractivity contribution in [1.82, 2.24) is 0 Å². The molecule has 1 saturated heterocycles. The first kappa shape index (κ1) is 23.7. The molecule has 1 aliphatic heterocycles. The highest BCUT2D eigenvalue weighted by atomic mass is 35.5. The lowest BCUT2D eigenvalue weighted by Crippen LogP contribution is -2.29. The van der Waals surface area contributed by atoms with Crippen LogP contribution in [0.1, 0.15) is 24.1 Å². The molecular weight excluding hydrogens is 477 g/mol. The van der Waals surface area contributed by atoms with Crippen molar-refractivity contribution in [3.8, 4) is 11.5 Å². The number of carbonyl (C=O) groups excluding carboxylic acids is 2. The van der Waals surface area contributed by atoms with Crippen LogP contribution in [-0.4, -0.2) is 30.5 Å². The quantitative estimate of drug-likeness (QED) is 0.255. The number of hydrogen-bond donors (Lipinski definition) is 1. The van der Waals surface area contributed by atoms with Crippen LogP contribution in [-0.2, 0) is 9.59 Å². The zero-order valence-corrected chi connectivity index (χ0v) is 19.9. The van der Waals surface area contributed by atoms with Gasteiger partial charge in [0.15, 0.2) is 0 Å². The van der Waals surface area contributed by atoms with E-state index in [1.807, 2.05) is 6.92 Å². The molecule has 0 spiro atoms. The Morgan fingerprint density at radius 1 is 1.00 bits per heavy atom. The van der Waals surface area contributed by atoms with Crippen LogP contribution in [0.25, 0.3) is 5.76 Å². The van der Waals surface area contributed by atoms with E-state index in [2.05, 4.69) is 0 Å². The highest BCUT2D eigenvalue weighted by molar-refractivity contribution is 6.52. The number of ketones is 1. The molecule has 1 atom stereocenters. The van der Waals surface area contributed by atoms with Gasteiger partial charge in [0.25, 0.3) is 11.7 Å². The van der Waals surface area contributed by atoms with Gasteiger partial charge in [0, 0.05) is 16.3 Å². The summed E-state index contributed by atoms with van der Waals surface area (Å²) >= 11 is 12.5. The van der Waals surface area contributed by atoms with Gasteiger partial charge in [0.2, 0.25) is 0 Å². The summed E-state index contributed by atoms with van der Waals surface area (Å²) in [6.07, 6.45) is 0. The summed E-state index contributed by atoms with van der Waals surface area (Å²) in [5, 5.41) is 11.9. The number of benzene rings is 3. The van der Waals surface area contributed by atoms with Crippen LogP contribution in [0, 0.1) is 0 Å². The van der Waals surface area contributed by atoms with Crippen LogP contribution in [0.3, 0.4) is 0 Å². The summed E-state index contributed by atoms with van der Waals surface area (Å²) in [6.45, 7) is 2.37. The Labute approximate surface area is 206 Å². The van der Waals surface area contributed by atoms with E-state index < -0.39 is 23.5 Å². The lowest BCUT2D eigenvalue weighted by atomic mass is 9.95. The summed E-state index contributed by atoms with van der Waals surface area (Å²) in [6, 6.07) is 17.4. The first-order valence-corrected chi connectivity index (χ1v) is 11.2. The molecule has 0 radical (unpaired) electrons. The summed E-state index contributed by atoms with van der Waals surface area (Å²) in [4.78, 5) is 27.8. The average Bonchev–Trinajstić information content (AvgIpc) is 3.10. The van der Waals surface area contributed by atoms with Crippen molar-refractivity contribution in [3.05, 3.63) is 93.5 Å². The lowest BCUT2D eigenvalue weighted by Gasteiger charge is -2.26. The van der Waals surface area contributed by atoms with Crippen molar-refractivity contribution in [2.75, 3.05) is 18.6 Å². The Morgan fingerprint density at radius 2 is 1.71 bits per heavy atom. The van der Waals surface area contributed by atoms with Crippen LogP contribution in [0.15, 0.2) is 72.3 Å². The third-order valence-electron chi connectivity index (χ3n) is 5.47. The molecule has 174 valence electrons. The minimum Gasteiger partial charge on any atom is -0.507 e. The highest BCUT2D eigenvalue weighted by Gasteiger charge is 2.47. The summed E-state index contributed by atoms with van der Waals surface area (Å²) < 4.78 is 10.8. The van der Waals surface area contributed by atoms with Crippen molar-refractivity contribution in [2.24, 2.45) is 0 Å². The van der Waals surface area contributed by atoms with Crippen LogP contribution in [0.4, 0.5) is 5.69 Å². The van der Waals surface area contributed by atoms with Crippen molar-refractivity contribution < 1.29 is 24.2 Å². The third-order valence-corrected chi connectivity index (χ3v) is 6.03. The maximum atomic E-state index is 13.3. The van der Waals surface area contributed by atoms with Crippen LogP contribution >= 0.6 is 23.2 Å². The predicted octanol–water partition coefficient (Wildman–Crippen LogP) is 6.03. The number of aliphatic hydroxyl groups is 1. The summed E-state index contributed by atoms with van der Waals surface area (Å²) in [5.74, 6) is -0.947. The molecule has 3 aromatic carbocycles. The zero-order chi connectivity index (χ0) is 24.4. The van der Waals surface area contributed by atoms with Gasteiger partial charge in [-0.1, -0.05) is 41.4 Å². The standard InChI is InChI=1S/C26H21Cl2NO5/c1-3-34-18-9-7-15(8-10-18)23-22(24(30)20-14-19(33-2)11-12-21(20)28)25(31)26(32)29(23)17-6-4-5-16(27)13-17/h4-14,23,30H,3H2,1-2H3/b24-22+. The monoisotopic (exact) mass is 497 g/mol. The highest BCUT2D eigenvalue weighted by Crippen LogP contribution is 2.44. The fourth-order valence-corrected chi connectivity index (χ4v) is 4.30. The number of halogens is 2. The van der Waals surface area contributed by atoms with E-state index in [1.165, 1.54) is 18.1 Å². The van der Waals surface area contributed by atoms with E-state index in [4.69, 9.17) is 32.7 Å². The molecule has 1 unspecified atom stereocenters. The second-order valence-electron chi connectivity index (χ2n) is 7.50. The molecule has 0 bridgehead atoms. The maximum Gasteiger partial charge on any atom is 0.300 e. The second-order valence-corrected chi connectivity index (χ2v) is 8.34. The molecule has 0 aromatic heterocycles. The van der Waals surface area contributed by atoms with Gasteiger partial charge in [-0.3, -0.25) is 14.5 Å². The number of aliphatic hydroxyl groups excluding tert-OH is 1. The molecule has 3 aromatic rings. The zero-order valence-electron chi connectivity index (χ0n) is 18.4. The summed E-state index contributed by atoms with van der Waals surface area (Å²) in [5.41, 5.74) is 1.11. The van der Waals surface area contributed by atoms with Gasteiger partial charge in [-0.25, -0.2) is 0 Å².